The van der Waals surface area contributed by atoms with E-state index in [0.29, 0.717) is 0 Å². The Balaban J connectivity index is 2.19. The third-order valence-electron chi connectivity index (χ3n) is 3.59. The highest BCUT2D eigenvalue weighted by molar-refractivity contribution is 5.84. The molecule has 2 unspecified atom stereocenters. The lowest BCUT2D eigenvalue weighted by atomic mass is 10.1. The molecule has 0 aromatic carbocycles. The van der Waals surface area contributed by atoms with Crippen molar-refractivity contribution in [1.82, 2.24) is 10.2 Å². The van der Waals surface area contributed by atoms with Gasteiger partial charge in [-0.05, 0) is 40.3 Å². The highest BCUT2D eigenvalue weighted by atomic mass is 16.3. The van der Waals surface area contributed by atoms with Gasteiger partial charge in [-0.2, -0.15) is 0 Å². The van der Waals surface area contributed by atoms with Gasteiger partial charge in [-0.15, -0.1) is 0 Å². The minimum absolute atomic E-state index is 0.0224. The zero-order chi connectivity index (χ0) is 12.6. The standard InChI is InChI=1S/C13H20N2O2/c1-8-7-11(10(3)17-8)9(2)15-6-5-12(14-4)13(15)16/h7,9,12,14H,5-6H2,1-4H3. The molecule has 0 aliphatic carbocycles. The molecule has 0 saturated carbocycles. The zero-order valence-electron chi connectivity index (χ0n) is 10.9. The van der Waals surface area contributed by atoms with E-state index in [1.54, 1.807) is 0 Å². The first-order chi connectivity index (χ1) is 8.04. The van der Waals surface area contributed by atoms with Crippen molar-refractivity contribution in [1.29, 1.82) is 0 Å². The molecule has 0 bridgehead atoms. The lowest BCUT2D eigenvalue weighted by Crippen LogP contribution is -2.37. The van der Waals surface area contributed by atoms with Crippen LogP contribution in [0.15, 0.2) is 10.5 Å². The first-order valence-corrected chi connectivity index (χ1v) is 6.09. The average molecular weight is 236 g/mol. The molecule has 4 nitrogen and oxygen atoms in total. The van der Waals surface area contributed by atoms with Gasteiger partial charge >= 0.3 is 0 Å². The van der Waals surface area contributed by atoms with Crippen LogP contribution in [0.2, 0.25) is 0 Å². The summed E-state index contributed by atoms with van der Waals surface area (Å²) in [5.41, 5.74) is 1.12. The van der Waals surface area contributed by atoms with Gasteiger partial charge < -0.3 is 14.6 Å². The summed E-state index contributed by atoms with van der Waals surface area (Å²) in [6, 6.07) is 2.10. The Hall–Kier alpha value is -1.29. The van der Waals surface area contributed by atoms with Gasteiger partial charge in [0.15, 0.2) is 0 Å². The van der Waals surface area contributed by atoms with Crippen LogP contribution < -0.4 is 5.32 Å². The minimum Gasteiger partial charge on any atom is -0.466 e. The summed E-state index contributed by atoms with van der Waals surface area (Å²) in [6.45, 7) is 6.77. The van der Waals surface area contributed by atoms with Crippen LogP contribution in [-0.4, -0.2) is 30.4 Å². The van der Waals surface area contributed by atoms with Crippen molar-refractivity contribution in [3.05, 3.63) is 23.2 Å². The molecule has 2 rings (SSSR count). The number of carbonyl (C=O) groups excluding carboxylic acids is 1. The van der Waals surface area contributed by atoms with E-state index in [1.807, 2.05) is 31.9 Å². The van der Waals surface area contributed by atoms with E-state index in [2.05, 4.69) is 12.2 Å². The number of carbonyl (C=O) groups is 1. The summed E-state index contributed by atoms with van der Waals surface area (Å²) < 4.78 is 5.53. The maximum atomic E-state index is 12.1. The van der Waals surface area contributed by atoms with Crippen molar-refractivity contribution < 1.29 is 9.21 Å². The maximum Gasteiger partial charge on any atom is 0.240 e. The summed E-state index contributed by atoms with van der Waals surface area (Å²) in [7, 11) is 1.84. The van der Waals surface area contributed by atoms with Crippen LogP contribution in [0, 0.1) is 13.8 Å². The largest absolute Gasteiger partial charge is 0.466 e. The second kappa shape index (κ2) is 4.53. The molecule has 1 aliphatic rings. The molecule has 0 radical (unpaired) electrons. The molecule has 1 saturated heterocycles. The van der Waals surface area contributed by atoms with Crippen molar-refractivity contribution >= 4 is 5.91 Å². The topological polar surface area (TPSA) is 45.5 Å². The van der Waals surface area contributed by atoms with Gasteiger partial charge in [-0.1, -0.05) is 0 Å². The van der Waals surface area contributed by atoms with Crippen LogP contribution >= 0.6 is 0 Å². The van der Waals surface area contributed by atoms with Gasteiger partial charge in [0.25, 0.3) is 0 Å². The molecule has 1 aliphatic heterocycles. The molecule has 1 fully saturated rings. The molecule has 1 amide bonds. The maximum absolute atomic E-state index is 12.1. The van der Waals surface area contributed by atoms with Crippen LogP contribution in [0.5, 0.6) is 0 Å². The Labute approximate surface area is 102 Å². The smallest absolute Gasteiger partial charge is 0.240 e. The second-order valence-corrected chi connectivity index (χ2v) is 4.71. The highest BCUT2D eigenvalue weighted by Gasteiger charge is 2.34. The quantitative estimate of drug-likeness (QED) is 0.870. The van der Waals surface area contributed by atoms with Crippen molar-refractivity contribution in [2.24, 2.45) is 0 Å². The lowest BCUT2D eigenvalue weighted by Gasteiger charge is -2.24. The van der Waals surface area contributed by atoms with Crippen LogP contribution in [0.25, 0.3) is 0 Å². The number of likely N-dealkylation sites (N-methyl/N-ethyl adjacent to an activating group) is 1. The predicted octanol–water partition coefficient (Wildman–Crippen LogP) is 1.78. The molecule has 2 heterocycles. The Bertz CT molecular complexity index is 425. The Morgan fingerprint density at radius 2 is 2.24 bits per heavy atom. The van der Waals surface area contributed by atoms with E-state index >= 15 is 0 Å². The van der Waals surface area contributed by atoms with Crippen LogP contribution in [0.1, 0.15) is 36.5 Å². The van der Waals surface area contributed by atoms with E-state index in [4.69, 9.17) is 4.42 Å². The highest BCUT2D eigenvalue weighted by Crippen LogP contribution is 2.29. The molecular formula is C13H20N2O2. The van der Waals surface area contributed by atoms with Gasteiger partial charge in [0.05, 0.1) is 12.1 Å². The summed E-state index contributed by atoms with van der Waals surface area (Å²) in [6.07, 6.45) is 0.884. The van der Waals surface area contributed by atoms with Crippen LogP contribution in [-0.2, 0) is 4.79 Å². The van der Waals surface area contributed by atoms with Crippen LogP contribution in [0.4, 0.5) is 0 Å². The minimum atomic E-state index is -0.0224. The zero-order valence-corrected chi connectivity index (χ0v) is 10.9. The Kier molecular flexibility index (Phi) is 3.24. The molecule has 1 N–H and O–H groups in total. The third kappa shape index (κ3) is 2.09. The van der Waals surface area contributed by atoms with Gasteiger partial charge in [-0.3, -0.25) is 4.79 Å². The predicted molar refractivity (Wildman–Crippen MR) is 65.8 cm³/mol. The van der Waals surface area contributed by atoms with E-state index in [0.717, 1.165) is 30.0 Å². The van der Waals surface area contributed by atoms with E-state index in [1.165, 1.54) is 0 Å². The summed E-state index contributed by atoms with van der Waals surface area (Å²) in [5.74, 6) is 2.01. The van der Waals surface area contributed by atoms with Crippen LogP contribution in [0.3, 0.4) is 0 Å². The molecular weight excluding hydrogens is 216 g/mol. The Morgan fingerprint density at radius 3 is 2.71 bits per heavy atom. The number of rotatable bonds is 3. The number of nitrogens with zero attached hydrogens (tertiary/aromatic N) is 1. The Morgan fingerprint density at radius 1 is 1.53 bits per heavy atom. The molecule has 0 spiro atoms. The monoisotopic (exact) mass is 236 g/mol. The summed E-state index contributed by atoms with van der Waals surface area (Å²) in [5, 5.41) is 3.06. The molecule has 94 valence electrons. The number of amides is 1. The third-order valence-corrected chi connectivity index (χ3v) is 3.59. The molecule has 2 atom stereocenters. The summed E-state index contributed by atoms with van der Waals surface area (Å²) in [4.78, 5) is 14.0. The van der Waals surface area contributed by atoms with Gasteiger partial charge in [0.1, 0.15) is 11.5 Å². The van der Waals surface area contributed by atoms with E-state index in [-0.39, 0.29) is 18.0 Å². The fraction of sp³-hybridized carbons (Fsp3) is 0.615. The van der Waals surface area contributed by atoms with Gasteiger partial charge in [-0.25, -0.2) is 0 Å². The molecule has 17 heavy (non-hydrogen) atoms. The fourth-order valence-electron chi connectivity index (χ4n) is 2.59. The number of furan rings is 1. The number of hydrogen-bond acceptors (Lipinski definition) is 3. The van der Waals surface area contributed by atoms with Crippen molar-refractivity contribution in [3.8, 4) is 0 Å². The lowest BCUT2D eigenvalue weighted by molar-refractivity contribution is -0.131. The van der Waals surface area contributed by atoms with E-state index in [9.17, 15) is 4.79 Å². The van der Waals surface area contributed by atoms with Gasteiger partial charge in [0.2, 0.25) is 5.91 Å². The number of likely N-dealkylation sites (tertiary alicyclic amines) is 1. The molecule has 1 aromatic rings. The summed E-state index contributed by atoms with van der Waals surface area (Å²) >= 11 is 0. The average Bonchev–Trinajstić information content (AvgIpc) is 2.81. The SMILES string of the molecule is CNC1CCN(C(C)c2cc(C)oc2C)C1=O. The second-order valence-electron chi connectivity index (χ2n) is 4.71. The first-order valence-electron chi connectivity index (χ1n) is 6.09. The normalized spacial score (nSPS) is 22.2. The van der Waals surface area contributed by atoms with Crippen molar-refractivity contribution in [2.45, 2.75) is 39.3 Å². The van der Waals surface area contributed by atoms with Crippen molar-refractivity contribution in [3.63, 3.8) is 0 Å². The molecule has 1 aromatic heterocycles. The van der Waals surface area contributed by atoms with Crippen molar-refractivity contribution in [2.75, 3.05) is 13.6 Å². The fourth-order valence-corrected chi connectivity index (χ4v) is 2.59. The number of aryl methyl sites for hydroxylation is 2. The van der Waals surface area contributed by atoms with Gasteiger partial charge in [0, 0.05) is 12.1 Å². The first kappa shape index (κ1) is 12.2. The van der Waals surface area contributed by atoms with E-state index < -0.39 is 0 Å². The number of nitrogens with one attached hydrogen (secondary N) is 1. The molecule has 4 heteroatoms. The number of hydrogen-bond donors (Lipinski definition) is 1.